The Labute approximate surface area is 234 Å². The topological polar surface area (TPSA) is 122 Å². The Balaban J connectivity index is 1.56. The molecule has 1 fully saturated rings. The minimum absolute atomic E-state index is 0.220. The minimum atomic E-state index is -4.34. The second-order valence-electron chi connectivity index (χ2n) is 9.84. The number of methoxy groups -OCH3 is 1. The molecule has 1 amide bonds. The van der Waals surface area contributed by atoms with Gasteiger partial charge in [-0.1, -0.05) is 18.2 Å². The molecule has 0 bridgehead atoms. The highest BCUT2D eigenvalue weighted by Gasteiger charge is 2.30. The van der Waals surface area contributed by atoms with Crippen LogP contribution in [0.15, 0.2) is 71.6 Å². The van der Waals surface area contributed by atoms with Gasteiger partial charge in [0.05, 0.1) is 28.7 Å². The van der Waals surface area contributed by atoms with Crippen LogP contribution in [0.2, 0.25) is 0 Å². The zero-order chi connectivity index (χ0) is 28.9. The molecule has 3 aromatic carbocycles. The molecule has 1 aliphatic heterocycles. The van der Waals surface area contributed by atoms with Crippen LogP contribution in [0.25, 0.3) is 0 Å². The maximum Gasteiger partial charge on any atom is 0.273 e. The molecule has 0 saturated carbocycles. The lowest BCUT2D eigenvalue weighted by Gasteiger charge is -2.29. The number of sulfonamides is 1. The van der Waals surface area contributed by atoms with E-state index in [9.17, 15) is 23.3 Å². The van der Waals surface area contributed by atoms with Gasteiger partial charge >= 0.3 is 0 Å². The maximum atomic E-state index is 13.7. The molecule has 212 valence electrons. The first-order valence-electron chi connectivity index (χ1n) is 13.2. The number of carbonyl (C=O) groups excluding carboxylic acids is 1. The van der Waals surface area contributed by atoms with Crippen molar-refractivity contribution >= 4 is 33.0 Å². The lowest BCUT2D eigenvalue weighted by atomic mass is 10.1. The summed E-state index contributed by atoms with van der Waals surface area (Å²) in [7, 11) is -2.85. The number of hydrogen-bond donors (Lipinski definition) is 1. The smallest absolute Gasteiger partial charge is 0.273 e. The predicted molar refractivity (Wildman–Crippen MR) is 154 cm³/mol. The fourth-order valence-electron chi connectivity index (χ4n) is 4.76. The van der Waals surface area contributed by atoms with Crippen molar-refractivity contribution < 1.29 is 22.9 Å². The van der Waals surface area contributed by atoms with E-state index in [1.807, 2.05) is 31.2 Å². The SMILES string of the molecule is COc1ccc(N(CC(=O)NC(C)c2ccc(N3CCCCC3)cc2)S(=O)(=O)c2ccc(C)c([N+](=O)[O-])c2)cc1. The number of nitro benzene ring substituents is 1. The molecule has 1 heterocycles. The Morgan fingerprint density at radius 3 is 2.30 bits per heavy atom. The number of piperidine rings is 1. The Hall–Kier alpha value is -4.12. The summed E-state index contributed by atoms with van der Waals surface area (Å²) < 4.78 is 33.6. The molecule has 40 heavy (non-hydrogen) atoms. The quantitative estimate of drug-likeness (QED) is 0.271. The number of rotatable bonds is 10. The monoisotopic (exact) mass is 566 g/mol. The minimum Gasteiger partial charge on any atom is -0.497 e. The summed E-state index contributed by atoms with van der Waals surface area (Å²) in [6.07, 6.45) is 3.61. The number of hydrogen-bond acceptors (Lipinski definition) is 7. The van der Waals surface area contributed by atoms with Gasteiger partial charge in [-0.25, -0.2) is 8.42 Å². The predicted octanol–water partition coefficient (Wildman–Crippen LogP) is 4.97. The van der Waals surface area contributed by atoms with Crippen molar-refractivity contribution in [1.29, 1.82) is 0 Å². The first-order chi connectivity index (χ1) is 19.1. The summed E-state index contributed by atoms with van der Waals surface area (Å²) >= 11 is 0. The summed E-state index contributed by atoms with van der Waals surface area (Å²) in [4.78, 5) is 26.1. The third-order valence-corrected chi connectivity index (χ3v) is 8.87. The second-order valence-corrected chi connectivity index (χ2v) is 11.7. The molecule has 4 rings (SSSR count). The molecule has 0 spiro atoms. The molecular weight excluding hydrogens is 532 g/mol. The zero-order valence-electron chi connectivity index (χ0n) is 22.9. The van der Waals surface area contributed by atoms with Crippen molar-refractivity contribution in [2.75, 3.05) is 35.9 Å². The van der Waals surface area contributed by atoms with Crippen molar-refractivity contribution in [2.24, 2.45) is 0 Å². The van der Waals surface area contributed by atoms with E-state index in [1.54, 1.807) is 12.1 Å². The number of anilines is 2. The summed E-state index contributed by atoms with van der Waals surface area (Å²) in [5.41, 5.74) is 2.27. The Bertz CT molecular complexity index is 1450. The van der Waals surface area contributed by atoms with Gasteiger partial charge in [0.1, 0.15) is 12.3 Å². The molecule has 1 N–H and O–H groups in total. The molecule has 1 unspecified atom stereocenters. The van der Waals surface area contributed by atoms with Crippen molar-refractivity contribution in [2.45, 2.75) is 44.0 Å². The van der Waals surface area contributed by atoms with E-state index in [0.717, 1.165) is 34.7 Å². The van der Waals surface area contributed by atoms with Crippen LogP contribution in [0, 0.1) is 17.0 Å². The van der Waals surface area contributed by atoms with Crippen LogP contribution in [-0.4, -0.2) is 46.0 Å². The Morgan fingerprint density at radius 1 is 1.05 bits per heavy atom. The number of aryl methyl sites for hydroxylation is 1. The number of amides is 1. The fourth-order valence-corrected chi connectivity index (χ4v) is 6.21. The number of ether oxygens (including phenoxy) is 1. The van der Waals surface area contributed by atoms with Crippen molar-refractivity contribution in [3.05, 3.63) is 88.0 Å². The number of nitro groups is 1. The molecule has 0 aromatic heterocycles. The number of carbonyl (C=O) groups is 1. The highest BCUT2D eigenvalue weighted by atomic mass is 32.2. The standard InChI is InChI=1S/C29H34N4O6S/c1-21-7-16-27(19-28(21)33(35)36)40(37,38)32(25-12-14-26(39-3)15-13-25)20-29(34)30-22(2)23-8-10-24(11-9-23)31-17-5-4-6-18-31/h7-16,19,22H,4-6,17-18,20H2,1-3H3,(H,30,34). The third-order valence-electron chi connectivity index (χ3n) is 7.10. The lowest BCUT2D eigenvalue weighted by Crippen LogP contribution is -2.41. The second kappa shape index (κ2) is 12.4. The molecule has 1 atom stereocenters. The molecule has 10 nitrogen and oxygen atoms in total. The highest BCUT2D eigenvalue weighted by molar-refractivity contribution is 7.92. The number of nitrogens with one attached hydrogen (secondary N) is 1. The van der Waals surface area contributed by atoms with Crippen LogP contribution >= 0.6 is 0 Å². The largest absolute Gasteiger partial charge is 0.497 e. The van der Waals surface area contributed by atoms with Gasteiger partial charge in [-0.15, -0.1) is 0 Å². The third kappa shape index (κ3) is 6.53. The first-order valence-corrected chi connectivity index (χ1v) is 14.6. The van der Waals surface area contributed by atoms with Gasteiger partial charge in [-0.3, -0.25) is 19.2 Å². The van der Waals surface area contributed by atoms with Gasteiger partial charge in [0, 0.05) is 30.4 Å². The lowest BCUT2D eigenvalue weighted by molar-refractivity contribution is -0.385. The van der Waals surface area contributed by atoms with E-state index in [-0.39, 0.29) is 22.3 Å². The van der Waals surface area contributed by atoms with Gasteiger partial charge in [0.2, 0.25) is 5.91 Å². The van der Waals surface area contributed by atoms with Crippen LogP contribution in [-0.2, 0) is 14.8 Å². The molecule has 0 aliphatic carbocycles. The summed E-state index contributed by atoms with van der Waals surface area (Å²) in [6, 6.07) is 17.6. The molecule has 1 saturated heterocycles. The van der Waals surface area contributed by atoms with Crippen LogP contribution in [0.1, 0.15) is 43.4 Å². The van der Waals surface area contributed by atoms with Gasteiger partial charge in [-0.05, 0) is 81.1 Å². The van der Waals surface area contributed by atoms with E-state index in [1.165, 1.54) is 57.6 Å². The summed E-state index contributed by atoms with van der Waals surface area (Å²) in [5.74, 6) is -0.00763. The number of benzene rings is 3. The van der Waals surface area contributed by atoms with Gasteiger partial charge < -0.3 is 15.0 Å². The summed E-state index contributed by atoms with van der Waals surface area (Å²) in [6.45, 7) is 4.91. The zero-order valence-corrected chi connectivity index (χ0v) is 23.7. The van der Waals surface area contributed by atoms with Gasteiger partial charge in [-0.2, -0.15) is 0 Å². The molecule has 0 radical (unpaired) electrons. The molecule has 3 aromatic rings. The maximum absolute atomic E-state index is 13.7. The normalized spacial score (nSPS) is 14.3. The Kier molecular flexibility index (Phi) is 8.93. The van der Waals surface area contributed by atoms with E-state index in [2.05, 4.69) is 10.2 Å². The van der Waals surface area contributed by atoms with Crippen molar-refractivity contribution in [3.8, 4) is 5.75 Å². The Morgan fingerprint density at radius 2 is 1.70 bits per heavy atom. The van der Waals surface area contributed by atoms with Crippen LogP contribution in [0.5, 0.6) is 5.75 Å². The average Bonchev–Trinajstić information content (AvgIpc) is 2.96. The van der Waals surface area contributed by atoms with Crippen molar-refractivity contribution in [3.63, 3.8) is 0 Å². The first kappa shape index (κ1) is 28.9. The van der Waals surface area contributed by atoms with E-state index >= 15 is 0 Å². The fraction of sp³-hybridized carbons (Fsp3) is 0.345. The number of nitrogens with zero attached hydrogens (tertiary/aromatic N) is 3. The average molecular weight is 567 g/mol. The van der Waals surface area contributed by atoms with E-state index in [0.29, 0.717) is 11.3 Å². The molecule has 1 aliphatic rings. The van der Waals surface area contributed by atoms with E-state index in [4.69, 9.17) is 4.74 Å². The summed E-state index contributed by atoms with van der Waals surface area (Å²) in [5, 5.41) is 14.4. The molecular formula is C29H34N4O6S. The van der Waals surface area contributed by atoms with Crippen LogP contribution in [0.4, 0.5) is 17.1 Å². The van der Waals surface area contributed by atoms with Crippen LogP contribution < -0.4 is 19.3 Å². The molecule has 11 heteroatoms. The highest BCUT2D eigenvalue weighted by Crippen LogP contribution is 2.29. The van der Waals surface area contributed by atoms with Gasteiger partial charge in [0.25, 0.3) is 15.7 Å². The van der Waals surface area contributed by atoms with Crippen LogP contribution in [0.3, 0.4) is 0 Å². The van der Waals surface area contributed by atoms with Crippen molar-refractivity contribution in [1.82, 2.24) is 5.32 Å². The van der Waals surface area contributed by atoms with Gasteiger partial charge in [0.15, 0.2) is 0 Å². The van der Waals surface area contributed by atoms with E-state index < -0.39 is 27.4 Å².